The number of carbonyl (C=O) groups is 3. The lowest BCUT2D eigenvalue weighted by molar-refractivity contribution is -0.139. The second-order valence-electron chi connectivity index (χ2n) is 11.2. The Bertz CT molecular complexity index is 1650. The number of aromatic amines is 1. The Hall–Kier alpha value is -5.12. The zero-order valence-corrected chi connectivity index (χ0v) is 25.5. The molecule has 234 valence electrons. The number of ether oxygens (including phenoxy) is 2. The number of H-pyrrole nitrogens is 1. The average Bonchev–Trinajstić information content (AvgIpc) is 3.56. The Labute approximate surface area is 262 Å². The topological polar surface area (TPSA) is 134 Å². The fourth-order valence-corrected chi connectivity index (χ4v) is 5.55. The molecule has 0 saturated heterocycles. The molecule has 5 rings (SSSR count). The number of alkyl carbamates (subject to hydrolysis) is 1. The third-order valence-corrected chi connectivity index (χ3v) is 8.08. The van der Waals surface area contributed by atoms with Gasteiger partial charge in [-0.3, -0.25) is 4.79 Å². The summed E-state index contributed by atoms with van der Waals surface area (Å²) in [7, 11) is 0. The van der Waals surface area contributed by atoms with Gasteiger partial charge in [-0.15, -0.1) is 0 Å². The molecule has 10 nitrogen and oxygen atoms in total. The van der Waals surface area contributed by atoms with E-state index in [-0.39, 0.29) is 18.9 Å². The van der Waals surface area contributed by atoms with Crippen molar-refractivity contribution in [3.8, 4) is 16.9 Å². The van der Waals surface area contributed by atoms with Crippen molar-refractivity contribution in [2.45, 2.75) is 58.6 Å². The molecule has 1 unspecified atom stereocenters. The first-order valence-corrected chi connectivity index (χ1v) is 15.1. The van der Waals surface area contributed by atoms with E-state index in [2.05, 4.69) is 28.3 Å². The predicted molar refractivity (Wildman–Crippen MR) is 170 cm³/mol. The lowest BCUT2D eigenvalue weighted by atomic mass is 9.91. The molecule has 0 spiro atoms. The number of aryl methyl sites for hydroxylation is 1. The Morgan fingerprint density at radius 1 is 1.09 bits per heavy atom. The summed E-state index contributed by atoms with van der Waals surface area (Å²) in [5.74, 6) is -0.230. The molecule has 1 aliphatic heterocycles. The van der Waals surface area contributed by atoms with E-state index in [9.17, 15) is 19.5 Å². The fraction of sp³-hybridized carbons (Fsp3) is 0.314. The van der Waals surface area contributed by atoms with Gasteiger partial charge in [0.1, 0.15) is 18.4 Å². The van der Waals surface area contributed by atoms with Crippen LogP contribution in [-0.4, -0.2) is 52.2 Å². The van der Waals surface area contributed by atoms with Gasteiger partial charge in [0.15, 0.2) is 0 Å². The van der Waals surface area contributed by atoms with Gasteiger partial charge in [0, 0.05) is 37.0 Å². The maximum Gasteiger partial charge on any atom is 0.408 e. The minimum Gasteiger partial charge on any atom is -0.493 e. The number of aliphatic carboxylic acids is 1. The number of carbonyl (C=O) groups excluding carboxylic acids is 2. The van der Waals surface area contributed by atoms with Crippen LogP contribution < -0.4 is 15.0 Å². The summed E-state index contributed by atoms with van der Waals surface area (Å²) in [6, 6.07) is 18.5. The van der Waals surface area contributed by atoms with Crippen molar-refractivity contribution < 1.29 is 29.0 Å². The van der Waals surface area contributed by atoms with E-state index < -0.39 is 18.1 Å². The van der Waals surface area contributed by atoms with Crippen LogP contribution in [0.15, 0.2) is 73.2 Å². The molecular formula is C35H38N4O6. The van der Waals surface area contributed by atoms with E-state index in [0.29, 0.717) is 31.7 Å². The van der Waals surface area contributed by atoms with E-state index in [1.807, 2.05) is 66.4 Å². The number of hydrogen-bond acceptors (Lipinski definition) is 6. The number of hydrogen-bond donors (Lipinski definition) is 3. The number of nitrogens with one attached hydrogen (secondary N) is 2. The lowest BCUT2D eigenvalue weighted by Crippen LogP contribution is -2.42. The van der Waals surface area contributed by atoms with Crippen LogP contribution in [0.2, 0.25) is 0 Å². The van der Waals surface area contributed by atoms with Crippen LogP contribution >= 0.6 is 0 Å². The van der Waals surface area contributed by atoms with E-state index in [1.165, 1.54) is 18.1 Å². The monoisotopic (exact) mass is 610 g/mol. The second-order valence-corrected chi connectivity index (χ2v) is 11.2. The number of carboxylic acid groups (broad SMARTS) is 1. The highest BCUT2D eigenvalue weighted by Gasteiger charge is 2.25. The highest BCUT2D eigenvalue weighted by atomic mass is 16.5. The first-order valence-electron chi connectivity index (χ1n) is 15.1. The molecular weight excluding hydrogens is 572 g/mol. The molecule has 45 heavy (non-hydrogen) atoms. The molecule has 0 bridgehead atoms. The molecule has 1 atom stereocenters. The molecule has 10 heteroatoms. The quantitative estimate of drug-likeness (QED) is 0.174. The number of rotatable bonds is 12. The first-order chi connectivity index (χ1) is 21.8. The van der Waals surface area contributed by atoms with Crippen molar-refractivity contribution in [3.05, 3.63) is 101 Å². The van der Waals surface area contributed by atoms with Gasteiger partial charge in [0.2, 0.25) is 5.91 Å². The number of benzene rings is 3. The molecule has 0 fully saturated rings. The van der Waals surface area contributed by atoms with Crippen LogP contribution in [0.25, 0.3) is 11.1 Å². The molecule has 4 aromatic rings. The summed E-state index contributed by atoms with van der Waals surface area (Å²) in [6.45, 7) is 5.22. The summed E-state index contributed by atoms with van der Waals surface area (Å²) >= 11 is 0. The summed E-state index contributed by atoms with van der Waals surface area (Å²) in [5.41, 5.74) is 7.66. The number of aromatic nitrogens is 2. The van der Waals surface area contributed by atoms with Crippen molar-refractivity contribution in [1.29, 1.82) is 0 Å². The Morgan fingerprint density at radius 3 is 2.71 bits per heavy atom. The molecule has 3 N–H and O–H groups in total. The van der Waals surface area contributed by atoms with E-state index in [0.717, 1.165) is 52.1 Å². The number of carboxylic acids is 1. The third-order valence-electron chi connectivity index (χ3n) is 8.08. The molecule has 1 aliphatic rings. The maximum atomic E-state index is 13.3. The van der Waals surface area contributed by atoms with Gasteiger partial charge in [0.25, 0.3) is 0 Å². The van der Waals surface area contributed by atoms with Crippen LogP contribution in [0, 0.1) is 13.8 Å². The molecule has 2 amide bonds. The van der Waals surface area contributed by atoms with Gasteiger partial charge < -0.3 is 29.8 Å². The van der Waals surface area contributed by atoms with Crippen molar-refractivity contribution in [2.24, 2.45) is 0 Å². The summed E-state index contributed by atoms with van der Waals surface area (Å²) < 4.78 is 11.3. The third kappa shape index (κ3) is 7.89. The zero-order chi connectivity index (χ0) is 31.8. The average molecular weight is 611 g/mol. The van der Waals surface area contributed by atoms with Gasteiger partial charge >= 0.3 is 12.1 Å². The molecule has 3 aromatic carbocycles. The number of amides is 2. The molecule has 0 aliphatic carbocycles. The van der Waals surface area contributed by atoms with Gasteiger partial charge in [-0.05, 0) is 84.7 Å². The summed E-state index contributed by atoms with van der Waals surface area (Å²) in [5, 5.41) is 11.9. The van der Waals surface area contributed by atoms with Crippen molar-refractivity contribution >= 4 is 23.7 Å². The summed E-state index contributed by atoms with van der Waals surface area (Å²) in [6.07, 6.45) is 4.93. The fourth-order valence-electron chi connectivity index (χ4n) is 5.55. The standard InChI is InChI=1S/C35H38N4O6/c1-23-8-3-14-32(24(23)2)44-17-7-15-33(40)39-16-6-12-29-28(11-5-13-31(29)39)26-10-4-9-25(18-26)21-45-35(43)38-30(34(41)42)19-27-20-36-22-37-27/h3-5,8-11,13-14,18,20,22,30H,6-7,12,15-17,19,21H2,1-2H3,(H,36,37)(H,38,43)(H,41,42). The first kappa shape index (κ1) is 31.3. The largest absolute Gasteiger partial charge is 0.493 e. The van der Waals surface area contributed by atoms with Crippen LogP contribution in [0.5, 0.6) is 5.75 Å². The summed E-state index contributed by atoms with van der Waals surface area (Å²) in [4.78, 5) is 46.0. The normalized spacial score (nSPS) is 13.1. The Kier molecular flexibility index (Phi) is 10.1. The van der Waals surface area contributed by atoms with Crippen molar-refractivity contribution in [1.82, 2.24) is 15.3 Å². The molecule has 0 radical (unpaired) electrons. The SMILES string of the molecule is Cc1cccc(OCCCC(=O)N2CCCc3c(-c4cccc(COC(=O)NC(Cc5cnc[nH]5)C(=O)O)c4)cccc32)c1C. The molecule has 0 saturated carbocycles. The number of imidazole rings is 1. The lowest BCUT2D eigenvalue weighted by Gasteiger charge is -2.31. The predicted octanol–water partition coefficient (Wildman–Crippen LogP) is 5.75. The van der Waals surface area contributed by atoms with Gasteiger partial charge in [-0.1, -0.05) is 42.5 Å². The number of nitrogens with zero attached hydrogens (tertiary/aromatic N) is 2. The van der Waals surface area contributed by atoms with Crippen LogP contribution in [0.4, 0.5) is 10.5 Å². The van der Waals surface area contributed by atoms with E-state index in [4.69, 9.17) is 9.47 Å². The minimum atomic E-state index is -1.17. The van der Waals surface area contributed by atoms with Crippen molar-refractivity contribution in [3.63, 3.8) is 0 Å². The van der Waals surface area contributed by atoms with Crippen LogP contribution in [0.1, 0.15) is 47.2 Å². The van der Waals surface area contributed by atoms with E-state index in [1.54, 1.807) is 0 Å². The maximum absolute atomic E-state index is 13.3. The van der Waals surface area contributed by atoms with Crippen molar-refractivity contribution in [2.75, 3.05) is 18.1 Å². The molecule has 1 aromatic heterocycles. The smallest absolute Gasteiger partial charge is 0.408 e. The number of anilines is 1. The highest BCUT2D eigenvalue weighted by Crippen LogP contribution is 2.36. The minimum absolute atomic E-state index is 0.0279. The molecule has 2 heterocycles. The van der Waals surface area contributed by atoms with Gasteiger partial charge in [-0.25, -0.2) is 14.6 Å². The Morgan fingerprint density at radius 2 is 1.91 bits per heavy atom. The van der Waals surface area contributed by atoms with E-state index >= 15 is 0 Å². The zero-order valence-electron chi connectivity index (χ0n) is 25.5. The second kappa shape index (κ2) is 14.6. The Balaban J connectivity index is 1.20. The van der Waals surface area contributed by atoms with Gasteiger partial charge in [0.05, 0.1) is 12.9 Å². The van der Waals surface area contributed by atoms with Crippen LogP contribution in [-0.2, 0) is 33.8 Å². The highest BCUT2D eigenvalue weighted by molar-refractivity contribution is 5.96. The number of fused-ring (bicyclic) bond motifs is 1. The van der Waals surface area contributed by atoms with Crippen LogP contribution in [0.3, 0.4) is 0 Å². The van der Waals surface area contributed by atoms with Gasteiger partial charge in [-0.2, -0.15) is 0 Å².